The Balaban J connectivity index is 0.000000449. The van der Waals surface area contributed by atoms with Crippen molar-refractivity contribution < 1.29 is 73.4 Å². The van der Waals surface area contributed by atoms with Gasteiger partial charge in [0.2, 0.25) is 17.7 Å². The summed E-state index contributed by atoms with van der Waals surface area (Å²) in [6.07, 6.45) is 5.43. The predicted octanol–water partition coefficient (Wildman–Crippen LogP) is -4.75. The van der Waals surface area contributed by atoms with E-state index in [1.807, 2.05) is 12.5 Å². The molecule has 0 bridgehead atoms. The molecule has 1 saturated heterocycles. The van der Waals surface area contributed by atoms with Crippen LogP contribution in [-0.4, -0.2) is 164 Å². The maximum Gasteiger partial charge on any atom is 0.331 e. The van der Waals surface area contributed by atoms with Crippen LogP contribution in [0.25, 0.3) is 0 Å². The topological polar surface area (TPSA) is 336 Å². The van der Waals surface area contributed by atoms with E-state index in [1.54, 1.807) is 6.26 Å². The van der Waals surface area contributed by atoms with E-state index in [2.05, 4.69) is 43.9 Å². The number of aliphatic carboxylic acids is 4. The zero-order valence-corrected chi connectivity index (χ0v) is 38.8. The third-order valence-corrected chi connectivity index (χ3v) is 13.2. The van der Waals surface area contributed by atoms with Gasteiger partial charge in [-0.15, -0.1) is 35.3 Å². The van der Waals surface area contributed by atoms with Crippen LogP contribution in [0.4, 0.5) is 0 Å². The van der Waals surface area contributed by atoms with Crippen molar-refractivity contribution in [3.05, 3.63) is 33.8 Å². The van der Waals surface area contributed by atoms with E-state index in [0.29, 0.717) is 34.2 Å². The van der Waals surface area contributed by atoms with Crippen LogP contribution < -0.4 is 41.9 Å². The third kappa shape index (κ3) is 16.1. The molecule has 0 spiro atoms. The zero-order valence-electron chi connectivity index (χ0n) is 33.8. The normalized spacial score (nSPS) is 21.2. The summed E-state index contributed by atoms with van der Waals surface area (Å²) >= 11 is 10.4. The van der Waals surface area contributed by atoms with Crippen LogP contribution in [0, 0.1) is 0 Å². The second-order valence-corrected chi connectivity index (χ2v) is 17.5. The number of carbonyl (C=O) groups excluding carboxylic acids is 8. The molecule has 4 rings (SSSR count). The summed E-state index contributed by atoms with van der Waals surface area (Å²) in [5.41, 5.74) is 1.24. The number of nitrogens with zero attached hydrogens (tertiary/aromatic N) is 1. The number of ether oxygens (including phenoxy) is 1. The molecule has 0 aromatic carbocycles. The minimum Gasteiger partial charge on any atom is -0.543 e. The Hall–Kier alpha value is -3.89. The van der Waals surface area contributed by atoms with Crippen LogP contribution in [-0.2, 0) is 47.9 Å². The summed E-state index contributed by atoms with van der Waals surface area (Å²) < 4.78 is 4.65. The number of aliphatic hydroxyl groups excluding tert-OH is 1. The van der Waals surface area contributed by atoms with Crippen molar-refractivity contribution in [3.8, 4) is 0 Å². The highest BCUT2D eigenvalue weighted by Gasteiger charge is 2.52. The van der Waals surface area contributed by atoms with Gasteiger partial charge >= 0.3 is 11.9 Å². The summed E-state index contributed by atoms with van der Waals surface area (Å²) in [4.78, 5) is 103. The summed E-state index contributed by atoms with van der Waals surface area (Å²) in [6, 6.07) is -2.88. The largest absolute Gasteiger partial charge is 0.543 e. The first-order valence-electron chi connectivity index (χ1n) is 17.4. The van der Waals surface area contributed by atoms with Gasteiger partial charge in [0.15, 0.2) is 12.1 Å². The molecule has 27 heteroatoms. The van der Waals surface area contributed by atoms with E-state index in [4.69, 9.17) is 10.2 Å². The number of β-lactam (4-membered cyclic amide) rings is 1. The molecular weight excluding hydrogens is 925 g/mol. The second-order valence-electron chi connectivity index (χ2n) is 12.4. The van der Waals surface area contributed by atoms with Gasteiger partial charge < -0.3 is 71.2 Å². The summed E-state index contributed by atoms with van der Waals surface area (Å²) in [7, 11) is 1.21. The van der Waals surface area contributed by atoms with Gasteiger partial charge in [0.25, 0.3) is 5.91 Å². The number of aliphatic hydroxyl groups is 1. The molecule has 0 unspecified atom stereocenters. The fourth-order valence-corrected chi connectivity index (χ4v) is 10.7. The van der Waals surface area contributed by atoms with E-state index in [9.17, 15) is 58.5 Å². The molecule has 0 aromatic heterocycles. The number of fused-ring (bicyclic) bond motifs is 1. The van der Waals surface area contributed by atoms with E-state index >= 15 is 0 Å². The first-order valence-corrected chi connectivity index (χ1v) is 24.2. The highest BCUT2D eigenvalue weighted by atomic mass is 32.2. The quantitative estimate of drug-likeness (QED) is 0.0434. The maximum absolute atomic E-state index is 12.0. The highest BCUT2D eigenvalue weighted by molar-refractivity contribution is 8.01. The third-order valence-electron chi connectivity index (χ3n) is 8.03. The Morgan fingerprint density at radius 1 is 0.787 bits per heavy atom. The van der Waals surface area contributed by atoms with Crippen molar-refractivity contribution in [2.24, 2.45) is 0 Å². The van der Waals surface area contributed by atoms with Crippen LogP contribution in [0.15, 0.2) is 33.8 Å². The van der Waals surface area contributed by atoms with E-state index in [1.165, 1.54) is 72.9 Å². The van der Waals surface area contributed by atoms with Crippen molar-refractivity contribution in [2.75, 3.05) is 61.2 Å². The van der Waals surface area contributed by atoms with Gasteiger partial charge in [-0.2, -0.15) is 36.2 Å². The van der Waals surface area contributed by atoms with Gasteiger partial charge in [0.1, 0.15) is 22.2 Å². The minimum absolute atomic E-state index is 0.0210. The SMILES string of the molecule is CC(=O)N[C@H](C(=O)O)[C@@H]1NC(C(=O)[O-])=C(CO)CS1.COC(=O)[C@@H](NC(C)=O)[C@@H]1NC(C(=O)[O-])=C(CSC)CS1.CS.CSCC1=C(C(=O)[O-])N2C(=O)[C@@H](NC(C)=O)[C@H]2SC1. The molecule has 61 heavy (non-hydrogen) atoms. The van der Waals surface area contributed by atoms with Crippen LogP contribution in [0.1, 0.15) is 20.8 Å². The molecule has 0 saturated carbocycles. The number of nitrogens with one attached hydrogen (secondary N) is 5. The van der Waals surface area contributed by atoms with E-state index in [-0.39, 0.29) is 45.6 Å². The number of esters is 1. The Kier molecular flexibility index (Phi) is 24.6. The summed E-state index contributed by atoms with van der Waals surface area (Å²) in [6.45, 7) is 3.31. The molecule has 21 nitrogen and oxygen atoms in total. The average Bonchev–Trinajstić information content (AvgIpc) is 3.21. The predicted molar refractivity (Wildman–Crippen MR) is 229 cm³/mol. The minimum atomic E-state index is -1.53. The molecular formula is C34H47N6O15S6-3. The Morgan fingerprint density at radius 3 is 1.67 bits per heavy atom. The van der Waals surface area contributed by atoms with Crippen LogP contribution >= 0.6 is 71.4 Å². The molecule has 6 atom stereocenters. The zero-order chi connectivity index (χ0) is 46.7. The number of thioether (sulfide) groups is 5. The van der Waals surface area contributed by atoms with Crippen molar-refractivity contribution in [1.82, 2.24) is 31.5 Å². The number of carboxylic acids is 4. The number of hydrogen-bond acceptors (Lipinski definition) is 22. The number of rotatable bonds is 15. The van der Waals surface area contributed by atoms with Crippen LogP contribution in [0.5, 0.6) is 0 Å². The average molecular weight is 972 g/mol. The molecule has 4 amide bonds. The molecule has 342 valence electrons. The maximum atomic E-state index is 12.0. The smallest absolute Gasteiger partial charge is 0.331 e. The Bertz CT molecular complexity index is 1780. The van der Waals surface area contributed by atoms with Gasteiger partial charge in [-0.3, -0.25) is 24.1 Å². The number of amides is 4. The summed E-state index contributed by atoms with van der Waals surface area (Å²) in [5.74, 6) is -5.50. The first kappa shape index (κ1) is 55.1. The molecule has 0 aliphatic carbocycles. The lowest BCUT2D eigenvalue weighted by Crippen LogP contribution is -2.71. The fraction of sp³-hybridized carbons (Fsp3) is 0.559. The Morgan fingerprint density at radius 2 is 1.25 bits per heavy atom. The molecule has 7 N–H and O–H groups in total. The van der Waals surface area contributed by atoms with E-state index in [0.717, 1.165) is 18.7 Å². The van der Waals surface area contributed by atoms with E-state index < -0.39 is 77.1 Å². The van der Waals surface area contributed by atoms with Gasteiger partial charge in [-0.1, -0.05) is 0 Å². The van der Waals surface area contributed by atoms with Crippen molar-refractivity contribution in [2.45, 2.75) is 55.0 Å². The second kappa shape index (κ2) is 27.2. The Labute approximate surface area is 378 Å². The molecule has 4 aliphatic rings. The van der Waals surface area contributed by atoms with Crippen LogP contribution in [0.3, 0.4) is 0 Å². The van der Waals surface area contributed by atoms with Crippen molar-refractivity contribution in [1.29, 1.82) is 0 Å². The monoisotopic (exact) mass is 971 g/mol. The number of methoxy groups -OCH3 is 1. The van der Waals surface area contributed by atoms with Gasteiger partial charge in [-0.05, 0) is 35.5 Å². The number of thiol groups is 1. The summed E-state index contributed by atoms with van der Waals surface area (Å²) in [5, 5.41) is 62.0. The van der Waals surface area contributed by atoms with Gasteiger partial charge in [0, 0.05) is 49.5 Å². The molecule has 4 aliphatic heterocycles. The lowest BCUT2D eigenvalue weighted by molar-refractivity contribution is -0.302. The first-order chi connectivity index (χ1) is 28.7. The lowest BCUT2D eigenvalue weighted by atomic mass is 10.0. The number of carbonyl (C=O) groups is 9. The van der Waals surface area contributed by atoms with Gasteiger partial charge in [0.05, 0.1) is 48.7 Å². The molecule has 1 fully saturated rings. The fourth-order valence-electron chi connectivity index (χ4n) is 5.54. The van der Waals surface area contributed by atoms with Gasteiger partial charge in [-0.25, -0.2) is 9.59 Å². The standard InChI is InChI=1S/C12H18N2O5S2.C11H14N2O4S2.C10H14N2O6S.CH4S/c1-6(15)13-9(12(18)19-2)10-14-8(11(16)17)7(4-20-3)5-21-10;1-5(14)12-7-9(15)13-8(11(16)17)6(3-18-2)4-19-10(7)13;1-4(14)11-7(10(17)18)8-12-6(9(15)16)5(2-13)3-19-8;1-2/h9-10,14H,4-5H2,1-3H3,(H,13,15)(H,16,17);7,10H,3-4H2,1-2H3,(H,12,14)(H,16,17);7-8,12-13H,2-3H2,1H3,(H,11,14)(H,15,16)(H,17,18);2H,1H3/p-3/t9-,10+;7-,10-;7-,8+;/m010./s1. The van der Waals surface area contributed by atoms with Crippen molar-refractivity contribution in [3.63, 3.8) is 0 Å². The van der Waals surface area contributed by atoms with Crippen LogP contribution in [0.2, 0.25) is 0 Å². The molecule has 4 heterocycles. The molecule has 0 radical (unpaired) electrons. The lowest BCUT2D eigenvalue weighted by Gasteiger charge is -2.50. The number of hydrogen-bond donors (Lipinski definition) is 8. The highest BCUT2D eigenvalue weighted by Crippen LogP contribution is 2.40. The van der Waals surface area contributed by atoms with Crippen molar-refractivity contribution >= 4 is 125 Å². The number of carboxylic acid groups (broad SMARTS) is 4. The molecule has 0 aromatic rings.